The molecule has 0 nitrogen and oxygen atoms in total. The van der Waals surface area contributed by atoms with E-state index < -0.39 is 0 Å². The molecule has 0 spiro atoms. The summed E-state index contributed by atoms with van der Waals surface area (Å²) in [7, 11) is 0. The SMILES string of the molecule is C=C(CCC)C1=C(C)C=C2C/C(=C\C3=CC=C(c4cccc(C)c4)C3)C(=C)C2C1c1ccc(CC)cc1. The van der Waals surface area contributed by atoms with Crippen molar-refractivity contribution in [3.05, 3.63) is 147 Å². The molecule has 1 saturated carbocycles. The van der Waals surface area contributed by atoms with Gasteiger partial charge in [0, 0.05) is 11.8 Å². The minimum atomic E-state index is 0.293. The second-order valence-corrected chi connectivity index (χ2v) is 11.1. The van der Waals surface area contributed by atoms with E-state index in [0.29, 0.717) is 11.8 Å². The van der Waals surface area contributed by atoms with Crippen LogP contribution in [-0.4, -0.2) is 0 Å². The highest BCUT2D eigenvalue weighted by molar-refractivity contribution is 5.74. The van der Waals surface area contributed by atoms with E-state index in [-0.39, 0.29) is 0 Å². The summed E-state index contributed by atoms with van der Waals surface area (Å²) >= 11 is 0. The van der Waals surface area contributed by atoms with Gasteiger partial charge in [-0.25, -0.2) is 0 Å². The molecule has 2 atom stereocenters. The highest BCUT2D eigenvalue weighted by Gasteiger charge is 2.40. The summed E-state index contributed by atoms with van der Waals surface area (Å²) < 4.78 is 0. The monoisotopic (exact) mass is 484 g/mol. The molecule has 2 aromatic rings. The van der Waals surface area contributed by atoms with Crippen LogP contribution in [0.5, 0.6) is 0 Å². The van der Waals surface area contributed by atoms with Crippen molar-refractivity contribution in [2.45, 2.75) is 65.7 Å². The number of fused-ring (bicyclic) bond motifs is 1. The summed E-state index contributed by atoms with van der Waals surface area (Å²) in [5, 5.41) is 0. The lowest BCUT2D eigenvalue weighted by Crippen LogP contribution is -2.21. The lowest BCUT2D eigenvalue weighted by Gasteiger charge is -2.34. The van der Waals surface area contributed by atoms with Crippen molar-refractivity contribution in [3.8, 4) is 0 Å². The molecule has 0 N–H and O–H groups in total. The fourth-order valence-electron chi connectivity index (χ4n) is 6.50. The molecule has 0 saturated heterocycles. The van der Waals surface area contributed by atoms with Crippen molar-refractivity contribution < 1.29 is 0 Å². The molecule has 0 aromatic heterocycles. The van der Waals surface area contributed by atoms with Gasteiger partial charge >= 0.3 is 0 Å². The van der Waals surface area contributed by atoms with Crippen LogP contribution in [0.2, 0.25) is 0 Å². The van der Waals surface area contributed by atoms with E-state index in [4.69, 9.17) is 6.58 Å². The summed E-state index contributed by atoms with van der Waals surface area (Å²) in [5.41, 5.74) is 16.5. The topological polar surface area (TPSA) is 0 Å². The van der Waals surface area contributed by atoms with Crippen LogP contribution in [0.3, 0.4) is 0 Å². The first-order chi connectivity index (χ1) is 17.9. The molecule has 188 valence electrons. The molecule has 3 aliphatic rings. The van der Waals surface area contributed by atoms with Crippen LogP contribution in [0, 0.1) is 12.8 Å². The van der Waals surface area contributed by atoms with Crippen molar-refractivity contribution in [3.63, 3.8) is 0 Å². The minimum absolute atomic E-state index is 0.293. The van der Waals surface area contributed by atoms with E-state index in [1.165, 1.54) is 66.8 Å². The fourth-order valence-corrected chi connectivity index (χ4v) is 6.50. The van der Waals surface area contributed by atoms with Crippen molar-refractivity contribution in [2.24, 2.45) is 5.92 Å². The Morgan fingerprint density at radius 2 is 1.76 bits per heavy atom. The molecule has 37 heavy (non-hydrogen) atoms. The van der Waals surface area contributed by atoms with E-state index in [2.05, 4.69) is 107 Å². The van der Waals surface area contributed by atoms with Gasteiger partial charge < -0.3 is 0 Å². The third-order valence-electron chi connectivity index (χ3n) is 8.37. The molecule has 0 radical (unpaired) electrons. The number of hydrogen-bond donors (Lipinski definition) is 0. The second kappa shape index (κ2) is 10.5. The molecule has 0 heteroatoms. The number of aryl methyl sites for hydroxylation is 2. The van der Waals surface area contributed by atoms with Crippen LogP contribution in [0.1, 0.15) is 74.6 Å². The standard InChI is InChI=1S/C37H40/c1-7-10-25(4)35-26(5)20-34-23-33(22-29-15-18-32(21-29)31-12-9-11-24(3)19-31)27(6)36(34)37(35)30-16-13-28(8-2)14-17-30/h9,11-20,22,36-37H,4,6-8,10,21,23H2,1-3,5H3/b33-22+. The normalized spacial score (nSPS) is 22.2. The summed E-state index contributed by atoms with van der Waals surface area (Å²) in [6, 6.07) is 18.2. The number of rotatable bonds is 7. The van der Waals surface area contributed by atoms with Gasteiger partial charge in [-0.05, 0) is 89.7 Å². The molecule has 5 rings (SSSR count). The van der Waals surface area contributed by atoms with Crippen molar-refractivity contribution in [2.75, 3.05) is 0 Å². The predicted molar refractivity (Wildman–Crippen MR) is 161 cm³/mol. The molecule has 2 unspecified atom stereocenters. The first kappa shape index (κ1) is 25.3. The number of benzene rings is 2. The van der Waals surface area contributed by atoms with Crippen LogP contribution < -0.4 is 0 Å². The molecule has 0 heterocycles. The highest BCUT2D eigenvalue weighted by Crippen LogP contribution is 2.55. The lowest BCUT2D eigenvalue weighted by atomic mass is 9.69. The molecule has 3 aliphatic carbocycles. The molecule has 1 fully saturated rings. The summed E-state index contributed by atoms with van der Waals surface area (Å²) in [5.74, 6) is 0.610. The van der Waals surface area contributed by atoms with Crippen molar-refractivity contribution in [1.29, 1.82) is 0 Å². The third kappa shape index (κ3) is 4.95. The Bertz CT molecular complexity index is 1390. The van der Waals surface area contributed by atoms with Crippen molar-refractivity contribution >= 4 is 5.57 Å². The molecule has 0 amide bonds. The maximum Gasteiger partial charge on any atom is 0.0201 e. The zero-order valence-electron chi connectivity index (χ0n) is 23.0. The van der Waals surface area contributed by atoms with Gasteiger partial charge in [-0.3, -0.25) is 0 Å². The maximum atomic E-state index is 4.72. The average molecular weight is 485 g/mol. The van der Waals surface area contributed by atoms with Crippen LogP contribution in [0.4, 0.5) is 0 Å². The quantitative estimate of drug-likeness (QED) is 0.367. The van der Waals surface area contributed by atoms with E-state index in [1.54, 1.807) is 0 Å². The average Bonchev–Trinajstić information content (AvgIpc) is 3.48. The Balaban J connectivity index is 1.46. The van der Waals surface area contributed by atoms with E-state index in [0.717, 1.165) is 32.1 Å². The van der Waals surface area contributed by atoms with Gasteiger partial charge in [-0.1, -0.05) is 123 Å². The molecular weight excluding hydrogens is 444 g/mol. The zero-order chi connectivity index (χ0) is 26.1. The molecule has 0 aliphatic heterocycles. The first-order valence-corrected chi connectivity index (χ1v) is 13.9. The van der Waals surface area contributed by atoms with E-state index in [9.17, 15) is 0 Å². The highest BCUT2D eigenvalue weighted by atomic mass is 14.4. The number of allylic oxidation sites excluding steroid dienone is 12. The second-order valence-electron chi connectivity index (χ2n) is 11.1. The Hall–Kier alpha value is -3.38. The maximum absolute atomic E-state index is 4.72. The third-order valence-corrected chi connectivity index (χ3v) is 8.37. The summed E-state index contributed by atoms with van der Waals surface area (Å²) in [6.45, 7) is 18.2. The van der Waals surface area contributed by atoms with Crippen LogP contribution in [0.15, 0.2) is 125 Å². The fraction of sp³-hybridized carbons (Fsp3) is 0.297. The molecular formula is C37H40. The minimum Gasteiger partial charge on any atom is -0.0955 e. The first-order valence-electron chi connectivity index (χ1n) is 13.9. The predicted octanol–water partition coefficient (Wildman–Crippen LogP) is 10.2. The Labute approximate surface area is 224 Å². The van der Waals surface area contributed by atoms with Gasteiger partial charge in [0.1, 0.15) is 0 Å². The molecule has 2 aromatic carbocycles. The van der Waals surface area contributed by atoms with Crippen LogP contribution in [0.25, 0.3) is 5.57 Å². The van der Waals surface area contributed by atoms with Gasteiger partial charge in [0.2, 0.25) is 0 Å². The largest absolute Gasteiger partial charge is 0.0955 e. The Morgan fingerprint density at radius 3 is 2.46 bits per heavy atom. The van der Waals surface area contributed by atoms with E-state index in [1.807, 2.05) is 0 Å². The van der Waals surface area contributed by atoms with Gasteiger partial charge in [-0.2, -0.15) is 0 Å². The van der Waals surface area contributed by atoms with Gasteiger partial charge in [-0.15, -0.1) is 0 Å². The zero-order valence-corrected chi connectivity index (χ0v) is 23.0. The van der Waals surface area contributed by atoms with Gasteiger partial charge in [0.15, 0.2) is 0 Å². The van der Waals surface area contributed by atoms with Crippen LogP contribution in [-0.2, 0) is 6.42 Å². The van der Waals surface area contributed by atoms with Gasteiger partial charge in [0.05, 0.1) is 0 Å². The van der Waals surface area contributed by atoms with Crippen molar-refractivity contribution in [1.82, 2.24) is 0 Å². The van der Waals surface area contributed by atoms with Crippen LogP contribution >= 0.6 is 0 Å². The summed E-state index contributed by atoms with van der Waals surface area (Å²) in [6.07, 6.45) is 14.7. The van der Waals surface area contributed by atoms with E-state index >= 15 is 0 Å². The Morgan fingerprint density at radius 1 is 0.973 bits per heavy atom. The molecule has 0 bridgehead atoms. The number of hydrogen-bond acceptors (Lipinski definition) is 0. The lowest BCUT2D eigenvalue weighted by molar-refractivity contribution is 0.619. The van der Waals surface area contributed by atoms with Gasteiger partial charge in [0.25, 0.3) is 0 Å². The smallest absolute Gasteiger partial charge is 0.0201 e. The Kier molecular flexibility index (Phi) is 7.20. The summed E-state index contributed by atoms with van der Waals surface area (Å²) in [4.78, 5) is 0.